The van der Waals surface area contributed by atoms with Crippen LogP contribution in [-0.4, -0.2) is 26.6 Å². The molecule has 0 fully saturated rings. The standard InChI is InChI=1S/C17H19F3N2O3S/c1-12(10-21)25-16-8-6-15(7-9-16)14-4-2-13(3-5-14)11-22-26(23,24)17(18,19)20/h2-9,12,22H,10-11,21H2,1H3. The number of sulfonamides is 1. The van der Waals surface area contributed by atoms with E-state index < -0.39 is 22.1 Å². The Hall–Kier alpha value is -2.10. The number of benzene rings is 2. The van der Waals surface area contributed by atoms with Gasteiger partial charge in [0.1, 0.15) is 11.9 Å². The van der Waals surface area contributed by atoms with Gasteiger partial charge < -0.3 is 10.5 Å². The van der Waals surface area contributed by atoms with Gasteiger partial charge in [0.15, 0.2) is 0 Å². The van der Waals surface area contributed by atoms with Gasteiger partial charge in [0.25, 0.3) is 0 Å². The van der Waals surface area contributed by atoms with E-state index in [-0.39, 0.29) is 6.10 Å². The molecule has 26 heavy (non-hydrogen) atoms. The summed E-state index contributed by atoms with van der Waals surface area (Å²) in [6.45, 7) is 1.83. The van der Waals surface area contributed by atoms with E-state index in [1.165, 1.54) is 4.72 Å². The van der Waals surface area contributed by atoms with Crippen molar-refractivity contribution >= 4 is 10.0 Å². The lowest BCUT2D eigenvalue weighted by Gasteiger charge is -2.13. The Balaban J connectivity index is 2.03. The number of hydrogen-bond donors (Lipinski definition) is 2. The van der Waals surface area contributed by atoms with Gasteiger partial charge >= 0.3 is 15.5 Å². The van der Waals surface area contributed by atoms with E-state index >= 15 is 0 Å². The van der Waals surface area contributed by atoms with Crippen LogP contribution in [0.2, 0.25) is 0 Å². The molecule has 0 heterocycles. The maximum atomic E-state index is 12.3. The van der Waals surface area contributed by atoms with Crippen molar-refractivity contribution in [3.8, 4) is 16.9 Å². The highest BCUT2D eigenvalue weighted by Gasteiger charge is 2.45. The number of nitrogens with one attached hydrogen (secondary N) is 1. The van der Waals surface area contributed by atoms with Gasteiger partial charge in [-0.1, -0.05) is 36.4 Å². The number of ether oxygens (including phenoxy) is 1. The van der Waals surface area contributed by atoms with Gasteiger partial charge in [-0.15, -0.1) is 0 Å². The zero-order valence-corrected chi connectivity index (χ0v) is 14.8. The van der Waals surface area contributed by atoms with E-state index in [0.717, 1.165) is 11.1 Å². The van der Waals surface area contributed by atoms with Crippen LogP contribution in [0.3, 0.4) is 0 Å². The molecule has 3 N–H and O–H groups in total. The SMILES string of the molecule is CC(CN)Oc1ccc(-c2ccc(CNS(=O)(=O)C(F)(F)F)cc2)cc1. The third kappa shape index (κ3) is 5.20. The van der Waals surface area contributed by atoms with Crippen LogP contribution in [0.4, 0.5) is 13.2 Å². The fourth-order valence-electron chi connectivity index (χ4n) is 2.08. The Morgan fingerprint density at radius 1 is 1.04 bits per heavy atom. The van der Waals surface area contributed by atoms with Gasteiger partial charge in [0, 0.05) is 13.1 Å². The number of nitrogens with two attached hydrogens (primary N) is 1. The van der Waals surface area contributed by atoms with Crippen LogP contribution in [-0.2, 0) is 16.6 Å². The zero-order valence-electron chi connectivity index (χ0n) is 14.0. The quantitative estimate of drug-likeness (QED) is 0.764. The molecule has 0 bridgehead atoms. The first-order chi connectivity index (χ1) is 12.1. The van der Waals surface area contributed by atoms with Crippen molar-refractivity contribution in [1.82, 2.24) is 4.72 Å². The molecular formula is C17H19F3N2O3S. The smallest absolute Gasteiger partial charge is 0.489 e. The highest BCUT2D eigenvalue weighted by molar-refractivity contribution is 7.90. The number of halogens is 3. The van der Waals surface area contributed by atoms with Crippen molar-refractivity contribution in [1.29, 1.82) is 0 Å². The Bertz CT molecular complexity index is 820. The summed E-state index contributed by atoms with van der Waals surface area (Å²) in [6.07, 6.45) is -0.0967. The van der Waals surface area contributed by atoms with Gasteiger partial charge in [-0.25, -0.2) is 13.1 Å². The summed E-state index contributed by atoms with van der Waals surface area (Å²) < 4.78 is 65.9. The van der Waals surface area contributed by atoms with Crippen LogP contribution in [0.25, 0.3) is 11.1 Å². The molecule has 2 aromatic rings. The van der Waals surface area contributed by atoms with E-state index in [0.29, 0.717) is 17.9 Å². The minimum atomic E-state index is -5.35. The summed E-state index contributed by atoms with van der Waals surface area (Å²) in [5.74, 6) is 0.685. The number of alkyl halides is 3. The van der Waals surface area contributed by atoms with E-state index in [1.54, 1.807) is 36.4 Å². The average Bonchev–Trinajstić information content (AvgIpc) is 2.60. The van der Waals surface area contributed by atoms with E-state index in [2.05, 4.69) is 0 Å². The molecule has 0 spiro atoms. The van der Waals surface area contributed by atoms with E-state index in [1.807, 2.05) is 19.1 Å². The molecule has 0 aliphatic rings. The summed E-state index contributed by atoms with van der Waals surface area (Å²) in [7, 11) is -5.35. The molecule has 1 unspecified atom stereocenters. The van der Waals surface area contributed by atoms with Crippen LogP contribution < -0.4 is 15.2 Å². The zero-order chi connectivity index (χ0) is 19.4. The molecule has 2 aromatic carbocycles. The topological polar surface area (TPSA) is 81.4 Å². The first kappa shape index (κ1) is 20.2. The van der Waals surface area contributed by atoms with Gasteiger partial charge in [-0.3, -0.25) is 0 Å². The van der Waals surface area contributed by atoms with Gasteiger partial charge in [-0.05, 0) is 35.7 Å². The minimum Gasteiger partial charge on any atom is -0.489 e. The third-order valence-electron chi connectivity index (χ3n) is 3.58. The first-order valence-corrected chi connectivity index (χ1v) is 9.23. The van der Waals surface area contributed by atoms with Crippen molar-refractivity contribution < 1.29 is 26.3 Å². The molecule has 142 valence electrons. The Kier molecular flexibility index (Phi) is 6.27. The molecule has 0 aromatic heterocycles. The molecule has 0 saturated carbocycles. The fraction of sp³-hybridized carbons (Fsp3) is 0.294. The Morgan fingerprint density at radius 2 is 1.54 bits per heavy atom. The summed E-state index contributed by atoms with van der Waals surface area (Å²) in [5, 5.41) is 0. The molecule has 0 saturated heterocycles. The van der Waals surface area contributed by atoms with E-state index in [9.17, 15) is 21.6 Å². The molecule has 1 atom stereocenters. The maximum absolute atomic E-state index is 12.3. The first-order valence-electron chi connectivity index (χ1n) is 7.74. The second-order valence-electron chi connectivity index (χ2n) is 5.66. The molecule has 0 aliphatic carbocycles. The van der Waals surface area contributed by atoms with Crippen molar-refractivity contribution in [2.45, 2.75) is 25.1 Å². The molecule has 0 aliphatic heterocycles. The molecule has 9 heteroatoms. The lowest BCUT2D eigenvalue weighted by molar-refractivity contribution is -0.0448. The lowest BCUT2D eigenvalue weighted by atomic mass is 10.0. The molecular weight excluding hydrogens is 369 g/mol. The third-order valence-corrected chi connectivity index (χ3v) is 4.72. The summed E-state index contributed by atoms with van der Waals surface area (Å²) in [6, 6.07) is 13.8. The Morgan fingerprint density at radius 3 is 2.00 bits per heavy atom. The van der Waals surface area contributed by atoms with Crippen molar-refractivity contribution in [2.75, 3.05) is 6.54 Å². The van der Waals surface area contributed by atoms with Crippen LogP contribution in [0.15, 0.2) is 48.5 Å². The molecule has 2 rings (SSSR count). The van der Waals surface area contributed by atoms with Crippen LogP contribution in [0, 0.1) is 0 Å². The average molecular weight is 388 g/mol. The van der Waals surface area contributed by atoms with Crippen molar-refractivity contribution in [3.05, 3.63) is 54.1 Å². The predicted octanol–water partition coefficient (Wildman–Crippen LogP) is 3.02. The number of hydrogen-bond acceptors (Lipinski definition) is 4. The van der Waals surface area contributed by atoms with Crippen LogP contribution in [0.1, 0.15) is 12.5 Å². The second-order valence-corrected chi connectivity index (χ2v) is 7.41. The predicted molar refractivity (Wildman–Crippen MR) is 92.8 cm³/mol. The molecule has 5 nitrogen and oxygen atoms in total. The highest BCUT2D eigenvalue weighted by Crippen LogP contribution is 2.24. The maximum Gasteiger partial charge on any atom is 0.511 e. The van der Waals surface area contributed by atoms with Gasteiger partial charge in [0.2, 0.25) is 0 Å². The Labute approximate surface area is 150 Å². The van der Waals surface area contributed by atoms with Crippen LogP contribution in [0.5, 0.6) is 5.75 Å². The normalized spacial score (nSPS) is 13.4. The molecule has 0 radical (unpaired) electrons. The highest BCUT2D eigenvalue weighted by atomic mass is 32.2. The van der Waals surface area contributed by atoms with Crippen molar-refractivity contribution in [2.24, 2.45) is 5.73 Å². The summed E-state index contributed by atoms with van der Waals surface area (Å²) >= 11 is 0. The van der Waals surface area contributed by atoms with Crippen molar-refractivity contribution in [3.63, 3.8) is 0 Å². The summed E-state index contributed by atoms with van der Waals surface area (Å²) in [5.41, 5.74) is 2.32. The fourth-order valence-corrected chi connectivity index (χ4v) is 2.60. The van der Waals surface area contributed by atoms with Gasteiger partial charge in [0.05, 0.1) is 0 Å². The van der Waals surface area contributed by atoms with Gasteiger partial charge in [-0.2, -0.15) is 13.2 Å². The number of rotatable bonds is 7. The summed E-state index contributed by atoms with van der Waals surface area (Å²) in [4.78, 5) is 0. The van der Waals surface area contributed by atoms with Crippen LogP contribution >= 0.6 is 0 Å². The molecule has 0 amide bonds. The largest absolute Gasteiger partial charge is 0.511 e. The van der Waals surface area contributed by atoms with E-state index in [4.69, 9.17) is 10.5 Å². The second kappa shape index (κ2) is 8.07. The minimum absolute atomic E-state index is 0.0967. The lowest BCUT2D eigenvalue weighted by Crippen LogP contribution is -2.35. The monoisotopic (exact) mass is 388 g/mol.